The number of halogens is 2. The molecule has 0 aromatic heterocycles. The maximum absolute atomic E-state index is 14.5. The summed E-state index contributed by atoms with van der Waals surface area (Å²) in [5, 5.41) is 10.9. The molecule has 2 amide bonds. The molecular weight excluding hydrogens is 633 g/mol. The number of hydrogen-bond acceptors (Lipinski definition) is 7. The van der Waals surface area contributed by atoms with Gasteiger partial charge in [-0.1, -0.05) is 47.5 Å². The Bertz CT molecular complexity index is 1590. The highest BCUT2D eigenvalue weighted by Crippen LogP contribution is 2.29. The predicted molar refractivity (Wildman–Crippen MR) is 180 cm³/mol. The van der Waals surface area contributed by atoms with Crippen LogP contribution in [0.4, 0.5) is 4.79 Å². The molecule has 1 saturated heterocycles. The van der Waals surface area contributed by atoms with Gasteiger partial charge >= 0.3 is 6.03 Å². The van der Waals surface area contributed by atoms with Crippen molar-refractivity contribution >= 4 is 44.9 Å². The second-order valence-electron chi connectivity index (χ2n) is 11.3. The van der Waals surface area contributed by atoms with Crippen LogP contribution in [0.15, 0.2) is 70.7 Å². The lowest BCUT2D eigenvalue weighted by molar-refractivity contribution is 0.128. The molecular formula is C33H39Cl2N5O4S. The molecule has 0 saturated carbocycles. The number of allylic oxidation sites excluding steroid dienone is 3. The van der Waals surface area contributed by atoms with Crippen molar-refractivity contribution in [3.8, 4) is 11.8 Å². The van der Waals surface area contributed by atoms with Crippen molar-refractivity contribution < 1.29 is 17.9 Å². The maximum atomic E-state index is 14.5. The molecule has 1 aliphatic heterocycles. The topological polar surface area (TPSA) is 106 Å². The predicted octanol–water partition coefficient (Wildman–Crippen LogP) is 5.73. The summed E-state index contributed by atoms with van der Waals surface area (Å²) >= 11 is 12.4. The lowest BCUT2D eigenvalue weighted by Gasteiger charge is -2.38. The molecule has 2 aliphatic rings. The third kappa shape index (κ3) is 9.81. The summed E-state index contributed by atoms with van der Waals surface area (Å²) in [4.78, 5) is 25.2. The van der Waals surface area contributed by atoms with Crippen molar-refractivity contribution in [2.75, 3.05) is 51.3 Å². The van der Waals surface area contributed by atoms with Gasteiger partial charge in [-0.25, -0.2) is 13.2 Å². The average Bonchev–Trinajstić information content (AvgIpc) is 3.02. The maximum Gasteiger partial charge on any atom is 0.326 e. The van der Waals surface area contributed by atoms with Crippen LogP contribution in [0, 0.1) is 17.2 Å². The fourth-order valence-electron chi connectivity index (χ4n) is 5.23. The number of carbonyl (C=O) groups excluding carboxylic acids is 1. The molecule has 2 aromatic carbocycles. The van der Waals surface area contributed by atoms with Crippen molar-refractivity contribution in [1.29, 1.82) is 5.26 Å². The highest BCUT2D eigenvalue weighted by atomic mass is 35.5. The van der Waals surface area contributed by atoms with E-state index in [-0.39, 0.29) is 30.3 Å². The summed E-state index contributed by atoms with van der Waals surface area (Å²) in [6.07, 6.45) is 7.81. The Morgan fingerprint density at radius 2 is 1.87 bits per heavy atom. The monoisotopic (exact) mass is 671 g/mol. The van der Waals surface area contributed by atoms with Crippen molar-refractivity contribution in [3.05, 3.63) is 87.4 Å². The number of hydrogen-bond donors (Lipinski definition) is 0. The Morgan fingerprint density at radius 1 is 1.16 bits per heavy atom. The van der Waals surface area contributed by atoms with Crippen LogP contribution >= 0.6 is 23.2 Å². The van der Waals surface area contributed by atoms with Crippen molar-refractivity contribution in [2.24, 2.45) is 10.9 Å². The standard InChI is InChI=1S/C33H39Cl2N5O4S/c1-4-44-31-21-26(22-36)7-14-30(31)32(37-24(2)27-8-12-29(35)13-9-27)40(23-25-5-10-28(34)11-6-25)33(41)39-17-15-38(16-18-39)19-20-45(3,42)43/h5-8,10-14,21,24,27H,4,9,15-20,23H2,1-3H3/t24-,27?/m1/s1. The van der Waals surface area contributed by atoms with E-state index >= 15 is 0 Å². The summed E-state index contributed by atoms with van der Waals surface area (Å²) in [6.45, 7) is 6.86. The van der Waals surface area contributed by atoms with E-state index in [0.717, 1.165) is 5.56 Å². The molecule has 9 nitrogen and oxygen atoms in total. The Hall–Kier alpha value is -3.36. The molecule has 1 heterocycles. The molecule has 0 bridgehead atoms. The van der Waals surface area contributed by atoms with E-state index in [0.29, 0.717) is 78.5 Å². The first-order valence-electron chi connectivity index (χ1n) is 15.0. The third-order valence-electron chi connectivity index (χ3n) is 7.85. The van der Waals surface area contributed by atoms with Crippen LogP contribution in [0.3, 0.4) is 0 Å². The number of piperazine rings is 1. The van der Waals surface area contributed by atoms with E-state index in [2.05, 4.69) is 11.0 Å². The lowest BCUT2D eigenvalue weighted by atomic mass is 9.94. The highest BCUT2D eigenvalue weighted by Gasteiger charge is 2.31. The molecule has 240 valence electrons. The van der Waals surface area contributed by atoms with Gasteiger partial charge in [-0.15, -0.1) is 0 Å². The lowest BCUT2D eigenvalue weighted by Crippen LogP contribution is -2.54. The number of amides is 2. The van der Waals surface area contributed by atoms with Crippen molar-refractivity contribution in [3.63, 3.8) is 0 Å². The summed E-state index contributed by atoms with van der Waals surface area (Å²) in [5.74, 6) is 1.03. The summed E-state index contributed by atoms with van der Waals surface area (Å²) in [7, 11) is -3.09. The van der Waals surface area contributed by atoms with Crippen LogP contribution in [-0.4, -0.2) is 92.4 Å². The van der Waals surface area contributed by atoms with E-state index in [9.17, 15) is 18.5 Å². The van der Waals surface area contributed by atoms with E-state index in [1.807, 2.05) is 44.2 Å². The van der Waals surface area contributed by atoms with Crippen LogP contribution in [0.25, 0.3) is 0 Å². The third-order valence-corrected chi connectivity index (χ3v) is 9.30. The SMILES string of the molecule is CCOc1cc(C#N)ccc1C(=N[C@H](C)C1C=CC(Cl)=CC1)N(Cc1ccc(Cl)cc1)C(=O)N1CCN(CCS(C)(=O)=O)CC1. The summed E-state index contributed by atoms with van der Waals surface area (Å²) in [6, 6.07) is 14.2. The molecule has 2 aromatic rings. The van der Waals surface area contributed by atoms with Gasteiger partial charge in [0.2, 0.25) is 0 Å². The second-order valence-corrected chi connectivity index (χ2v) is 14.4. The minimum atomic E-state index is -3.09. The Balaban J connectivity index is 1.75. The number of amidine groups is 1. The van der Waals surface area contributed by atoms with Crippen LogP contribution < -0.4 is 4.74 Å². The van der Waals surface area contributed by atoms with Crippen LogP contribution in [0.5, 0.6) is 5.75 Å². The molecule has 1 unspecified atom stereocenters. The number of rotatable bonds is 10. The molecule has 1 fully saturated rings. The molecule has 12 heteroatoms. The van der Waals surface area contributed by atoms with Crippen LogP contribution in [-0.2, 0) is 16.4 Å². The molecule has 4 rings (SSSR count). The number of urea groups is 1. The first-order chi connectivity index (χ1) is 21.5. The zero-order valence-corrected chi connectivity index (χ0v) is 28.2. The average molecular weight is 673 g/mol. The van der Waals surface area contributed by atoms with Gasteiger partial charge in [0.25, 0.3) is 0 Å². The molecule has 2 atom stereocenters. The zero-order valence-electron chi connectivity index (χ0n) is 25.8. The van der Waals surface area contributed by atoms with E-state index in [4.69, 9.17) is 32.9 Å². The quantitative estimate of drug-likeness (QED) is 0.236. The minimum absolute atomic E-state index is 0.0577. The normalized spacial score (nSPS) is 18.2. The van der Waals surface area contributed by atoms with Crippen LogP contribution in [0.1, 0.15) is 37.0 Å². The van der Waals surface area contributed by atoms with Crippen LogP contribution in [0.2, 0.25) is 5.02 Å². The number of nitrogens with zero attached hydrogens (tertiary/aromatic N) is 5. The number of ether oxygens (including phenoxy) is 1. The van der Waals surface area contributed by atoms with Gasteiger partial charge in [0, 0.05) is 55.0 Å². The number of sulfone groups is 1. The largest absolute Gasteiger partial charge is 0.493 e. The molecule has 0 spiro atoms. The smallest absolute Gasteiger partial charge is 0.326 e. The van der Waals surface area contributed by atoms with E-state index in [1.54, 1.807) is 40.1 Å². The Labute approximate surface area is 276 Å². The fourth-order valence-corrected chi connectivity index (χ4v) is 6.10. The molecule has 0 N–H and O–H groups in total. The van der Waals surface area contributed by atoms with Gasteiger partial charge in [-0.3, -0.25) is 14.8 Å². The minimum Gasteiger partial charge on any atom is -0.493 e. The van der Waals surface area contributed by atoms with Gasteiger partial charge in [-0.2, -0.15) is 5.26 Å². The Morgan fingerprint density at radius 3 is 2.47 bits per heavy atom. The first kappa shape index (κ1) is 34.5. The van der Waals surface area contributed by atoms with Gasteiger partial charge in [0.1, 0.15) is 21.4 Å². The number of aliphatic imine (C=N–C) groups is 1. The summed E-state index contributed by atoms with van der Waals surface area (Å²) in [5.41, 5.74) is 1.90. The first-order valence-corrected chi connectivity index (χ1v) is 17.8. The molecule has 45 heavy (non-hydrogen) atoms. The van der Waals surface area contributed by atoms with Gasteiger partial charge in [0.15, 0.2) is 0 Å². The molecule has 0 radical (unpaired) electrons. The van der Waals surface area contributed by atoms with E-state index < -0.39 is 9.84 Å². The molecule has 1 aliphatic carbocycles. The van der Waals surface area contributed by atoms with Gasteiger partial charge in [0.05, 0.1) is 42.1 Å². The van der Waals surface area contributed by atoms with Crippen molar-refractivity contribution in [2.45, 2.75) is 32.9 Å². The van der Waals surface area contributed by atoms with E-state index in [1.165, 1.54) is 6.26 Å². The number of nitriles is 1. The van der Waals surface area contributed by atoms with Gasteiger partial charge in [-0.05, 0) is 62.2 Å². The number of benzene rings is 2. The van der Waals surface area contributed by atoms with Gasteiger partial charge < -0.3 is 9.64 Å². The van der Waals surface area contributed by atoms with Crippen molar-refractivity contribution in [1.82, 2.24) is 14.7 Å². The zero-order chi connectivity index (χ0) is 32.6. The highest BCUT2D eigenvalue weighted by molar-refractivity contribution is 7.90. The number of carbonyl (C=O) groups is 1. The second kappa shape index (κ2) is 15.8. The fraction of sp³-hybridized carbons (Fsp3) is 0.424. The summed E-state index contributed by atoms with van der Waals surface area (Å²) < 4.78 is 29.4. The Kier molecular flexibility index (Phi) is 12.1.